The summed E-state index contributed by atoms with van der Waals surface area (Å²) >= 11 is 5.03. The summed E-state index contributed by atoms with van der Waals surface area (Å²) in [6.07, 6.45) is 4.48. The Morgan fingerprint density at radius 1 is 1.35 bits per heavy atom. The summed E-state index contributed by atoms with van der Waals surface area (Å²) in [7, 11) is 0. The molecule has 1 aliphatic rings. The lowest BCUT2D eigenvalue weighted by Gasteiger charge is -2.18. The standard InChI is InChI=1S/C17H17BrN2O2S/c1-23-15-7-3-2-5-13(15)17(21)20-10-8-12(11-20)22-16-14(18)6-4-9-19-16/h2-7,9,12H,8,10-11H2,1H3. The summed E-state index contributed by atoms with van der Waals surface area (Å²) in [5.74, 6) is 0.650. The Labute approximate surface area is 148 Å². The van der Waals surface area contributed by atoms with E-state index in [0.29, 0.717) is 19.0 Å². The molecular weight excluding hydrogens is 376 g/mol. The molecule has 0 aliphatic carbocycles. The number of rotatable bonds is 4. The smallest absolute Gasteiger partial charge is 0.255 e. The number of halogens is 1. The maximum Gasteiger partial charge on any atom is 0.255 e. The van der Waals surface area contributed by atoms with Crippen LogP contribution in [0.3, 0.4) is 0 Å². The van der Waals surface area contributed by atoms with Crippen molar-refractivity contribution in [2.45, 2.75) is 17.4 Å². The fourth-order valence-corrected chi connectivity index (χ4v) is 3.55. The zero-order valence-electron chi connectivity index (χ0n) is 12.7. The van der Waals surface area contributed by atoms with Crippen LogP contribution in [0.2, 0.25) is 0 Å². The monoisotopic (exact) mass is 392 g/mol. The molecule has 0 radical (unpaired) electrons. The van der Waals surface area contributed by atoms with E-state index in [-0.39, 0.29) is 12.0 Å². The maximum absolute atomic E-state index is 12.7. The first-order valence-corrected chi connectivity index (χ1v) is 9.40. The fraction of sp³-hybridized carbons (Fsp3) is 0.294. The van der Waals surface area contributed by atoms with Gasteiger partial charge in [-0.2, -0.15) is 0 Å². The Hall–Kier alpha value is -1.53. The van der Waals surface area contributed by atoms with Crippen molar-refractivity contribution in [1.29, 1.82) is 0 Å². The van der Waals surface area contributed by atoms with Crippen LogP contribution in [0.25, 0.3) is 0 Å². The first kappa shape index (κ1) is 16.3. The van der Waals surface area contributed by atoms with E-state index in [0.717, 1.165) is 21.4 Å². The number of pyridine rings is 1. The molecule has 1 aliphatic heterocycles. The Morgan fingerprint density at radius 2 is 2.17 bits per heavy atom. The Bertz CT molecular complexity index is 710. The molecule has 0 saturated carbocycles. The third kappa shape index (κ3) is 3.70. The number of carbonyl (C=O) groups is 1. The van der Waals surface area contributed by atoms with Crippen LogP contribution in [0.15, 0.2) is 52.0 Å². The van der Waals surface area contributed by atoms with E-state index in [4.69, 9.17) is 4.74 Å². The number of ether oxygens (including phenoxy) is 1. The second-order valence-electron chi connectivity index (χ2n) is 5.27. The summed E-state index contributed by atoms with van der Waals surface area (Å²) in [5, 5.41) is 0. The number of aromatic nitrogens is 1. The Morgan fingerprint density at radius 3 is 2.96 bits per heavy atom. The molecule has 1 atom stereocenters. The second-order valence-corrected chi connectivity index (χ2v) is 6.97. The van der Waals surface area contributed by atoms with Crippen molar-refractivity contribution in [3.05, 3.63) is 52.6 Å². The van der Waals surface area contributed by atoms with Crippen LogP contribution < -0.4 is 4.74 Å². The lowest BCUT2D eigenvalue weighted by molar-refractivity contribution is 0.0767. The van der Waals surface area contributed by atoms with Gasteiger partial charge in [-0.15, -0.1) is 11.8 Å². The van der Waals surface area contributed by atoms with E-state index in [2.05, 4.69) is 20.9 Å². The number of likely N-dealkylation sites (tertiary alicyclic amines) is 1. The van der Waals surface area contributed by atoms with Crippen LogP contribution in [0, 0.1) is 0 Å². The van der Waals surface area contributed by atoms with Crippen molar-refractivity contribution < 1.29 is 9.53 Å². The zero-order chi connectivity index (χ0) is 16.2. The number of benzene rings is 1. The highest BCUT2D eigenvalue weighted by Gasteiger charge is 2.29. The number of thioether (sulfide) groups is 1. The van der Waals surface area contributed by atoms with Crippen LogP contribution >= 0.6 is 27.7 Å². The molecule has 1 amide bonds. The van der Waals surface area contributed by atoms with Gasteiger partial charge in [0.2, 0.25) is 5.88 Å². The van der Waals surface area contributed by atoms with E-state index in [1.807, 2.05) is 47.6 Å². The molecule has 0 spiro atoms. The predicted octanol–water partition coefficient (Wildman–Crippen LogP) is 3.86. The minimum absolute atomic E-state index is 0.0217. The molecule has 2 heterocycles. The zero-order valence-corrected chi connectivity index (χ0v) is 15.1. The van der Waals surface area contributed by atoms with Gasteiger partial charge in [-0.05, 0) is 46.5 Å². The van der Waals surface area contributed by atoms with E-state index in [1.54, 1.807) is 18.0 Å². The van der Waals surface area contributed by atoms with Gasteiger partial charge in [0, 0.05) is 24.1 Å². The molecule has 23 heavy (non-hydrogen) atoms. The van der Waals surface area contributed by atoms with Gasteiger partial charge in [0.15, 0.2) is 0 Å². The van der Waals surface area contributed by atoms with Crippen molar-refractivity contribution in [2.75, 3.05) is 19.3 Å². The van der Waals surface area contributed by atoms with Gasteiger partial charge >= 0.3 is 0 Å². The molecule has 4 nitrogen and oxygen atoms in total. The van der Waals surface area contributed by atoms with Gasteiger partial charge in [0.05, 0.1) is 16.6 Å². The lowest BCUT2D eigenvalue weighted by Crippen LogP contribution is -2.31. The minimum atomic E-state index is -0.0217. The molecule has 120 valence electrons. The second kappa shape index (κ2) is 7.36. The SMILES string of the molecule is CSc1ccccc1C(=O)N1CCC(Oc2ncccc2Br)C1. The van der Waals surface area contributed by atoms with Gasteiger partial charge in [-0.25, -0.2) is 4.98 Å². The minimum Gasteiger partial charge on any atom is -0.472 e. The topological polar surface area (TPSA) is 42.4 Å². The summed E-state index contributed by atoms with van der Waals surface area (Å²) in [6.45, 7) is 1.29. The average molecular weight is 393 g/mol. The van der Waals surface area contributed by atoms with Crippen LogP contribution in [-0.2, 0) is 0 Å². The molecule has 1 aromatic heterocycles. The fourth-order valence-electron chi connectivity index (χ4n) is 2.62. The number of hydrogen-bond acceptors (Lipinski definition) is 4. The first-order valence-electron chi connectivity index (χ1n) is 7.38. The highest BCUT2D eigenvalue weighted by Crippen LogP contribution is 2.26. The van der Waals surface area contributed by atoms with Gasteiger partial charge in [0.1, 0.15) is 6.10 Å². The molecule has 1 saturated heterocycles. The highest BCUT2D eigenvalue weighted by molar-refractivity contribution is 9.10. The Kier molecular flexibility index (Phi) is 5.23. The van der Waals surface area contributed by atoms with Crippen LogP contribution in [0.4, 0.5) is 0 Å². The number of hydrogen-bond donors (Lipinski definition) is 0. The molecule has 1 fully saturated rings. The van der Waals surface area contributed by atoms with Crippen molar-refractivity contribution in [3.63, 3.8) is 0 Å². The molecular formula is C17H17BrN2O2S. The van der Waals surface area contributed by atoms with Gasteiger partial charge in [-0.1, -0.05) is 12.1 Å². The van der Waals surface area contributed by atoms with Gasteiger partial charge < -0.3 is 9.64 Å². The number of nitrogens with zero attached hydrogens (tertiary/aromatic N) is 2. The van der Waals surface area contributed by atoms with Crippen molar-refractivity contribution in [1.82, 2.24) is 9.88 Å². The molecule has 3 rings (SSSR count). The van der Waals surface area contributed by atoms with E-state index >= 15 is 0 Å². The largest absolute Gasteiger partial charge is 0.472 e. The van der Waals surface area contributed by atoms with Gasteiger partial charge in [0.25, 0.3) is 5.91 Å². The van der Waals surface area contributed by atoms with E-state index in [1.165, 1.54) is 0 Å². The highest BCUT2D eigenvalue weighted by atomic mass is 79.9. The van der Waals surface area contributed by atoms with E-state index in [9.17, 15) is 4.79 Å². The third-order valence-corrected chi connectivity index (χ3v) is 5.17. The van der Waals surface area contributed by atoms with Crippen LogP contribution in [-0.4, -0.2) is 41.2 Å². The molecule has 0 N–H and O–H groups in total. The normalized spacial score (nSPS) is 17.3. The number of carbonyl (C=O) groups excluding carboxylic acids is 1. The lowest BCUT2D eigenvalue weighted by atomic mass is 10.2. The summed E-state index contributed by atoms with van der Waals surface area (Å²) in [4.78, 5) is 19.8. The Balaban J connectivity index is 1.68. The summed E-state index contributed by atoms with van der Waals surface area (Å²) < 4.78 is 6.75. The van der Waals surface area contributed by atoms with Crippen LogP contribution in [0.5, 0.6) is 5.88 Å². The predicted molar refractivity (Wildman–Crippen MR) is 95.1 cm³/mol. The van der Waals surface area contributed by atoms with Crippen molar-refractivity contribution in [2.24, 2.45) is 0 Å². The van der Waals surface area contributed by atoms with Crippen LogP contribution in [0.1, 0.15) is 16.8 Å². The molecule has 0 bridgehead atoms. The van der Waals surface area contributed by atoms with Crippen molar-refractivity contribution in [3.8, 4) is 5.88 Å². The summed E-state index contributed by atoms with van der Waals surface area (Å²) in [6, 6.07) is 11.5. The molecule has 6 heteroatoms. The van der Waals surface area contributed by atoms with E-state index < -0.39 is 0 Å². The molecule has 2 aromatic rings. The average Bonchev–Trinajstić information content (AvgIpc) is 3.05. The molecule has 1 aromatic carbocycles. The molecule has 1 unspecified atom stereocenters. The number of amides is 1. The maximum atomic E-state index is 12.7. The quantitative estimate of drug-likeness (QED) is 0.740. The van der Waals surface area contributed by atoms with Crippen molar-refractivity contribution >= 4 is 33.6 Å². The first-order chi connectivity index (χ1) is 11.2. The third-order valence-electron chi connectivity index (χ3n) is 3.77. The van der Waals surface area contributed by atoms with Gasteiger partial charge in [-0.3, -0.25) is 4.79 Å². The summed E-state index contributed by atoms with van der Waals surface area (Å²) in [5.41, 5.74) is 0.764.